The van der Waals surface area contributed by atoms with Crippen molar-refractivity contribution in [2.45, 2.75) is 58.0 Å². The topological polar surface area (TPSA) is 138 Å². The number of hydrogen-bond acceptors (Lipinski definition) is 7. The maximum atomic E-state index is 12.6. The van der Waals surface area contributed by atoms with E-state index < -0.39 is 23.0 Å². The molecule has 1 saturated carbocycles. The molecule has 10 heteroatoms. The summed E-state index contributed by atoms with van der Waals surface area (Å²) in [5.74, 6) is -0.688. The number of amides is 3. The van der Waals surface area contributed by atoms with Crippen LogP contribution in [0.1, 0.15) is 50.2 Å². The first-order valence-electron chi connectivity index (χ1n) is 12.9. The third kappa shape index (κ3) is 6.12. The number of rotatable bonds is 8. The summed E-state index contributed by atoms with van der Waals surface area (Å²) in [4.78, 5) is 50.5. The summed E-state index contributed by atoms with van der Waals surface area (Å²) in [5, 5.41) is 16.6. The number of nitrogens with one attached hydrogen (secondary N) is 2. The van der Waals surface area contributed by atoms with Crippen LogP contribution in [0.3, 0.4) is 0 Å². The molecular formula is C27H35N3O7. The normalized spacial score (nSPS) is 21.3. The number of likely N-dealkylation sites (tertiary alicyclic amines) is 1. The molecule has 1 aromatic carbocycles. The van der Waals surface area contributed by atoms with Crippen molar-refractivity contribution in [1.82, 2.24) is 15.5 Å². The van der Waals surface area contributed by atoms with E-state index in [4.69, 9.17) is 9.15 Å². The van der Waals surface area contributed by atoms with Gasteiger partial charge in [0.1, 0.15) is 11.3 Å². The molecule has 2 heterocycles. The van der Waals surface area contributed by atoms with Crippen molar-refractivity contribution >= 4 is 28.7 Å². The average molecular weight is 514 g/mol. The zero-order valence-electron chi connectivity index (χ0n) is 21.4. The van der Waals surface area contributed by atoms with E-state index in [1.807, 2.05) is 6.92 Å². The molecule has 2 atom stereocenters. The number of carbonyl (C=O) groups excluding carboxylic acids is 3. The Balaban J connectivity index is 1.21. The Hall–Kier alpha value is -3.40. The van der Waals surface area contributed by atoms with Gasteiger partial charge in [0.2, 0.25) is 11.8 Å². The molecule has 10 nitrogen and oxygen atoms in total. The molecule has 2 aliphatic rings. The van der Waals surface area contributed by atoms with E-state index in [0.29, 0.717) is 42.8 Å². The van der Waals surface area contributed by atoms with Crippen LogP contribution in [-0.2, 0) is 20.8 Å². The highest BCUT2D eigenvalue weighted by atomic mass is 16.5. The van der Waals surface area contributed by atoms with Crippen LogP contribution in [0.25, 0.3) is 11.0 Å². The first-order chi connectivity index (χ1) is 17.7. The quantitative estimate of drug-likeness (QED) is 0.454. The number of piperidine rings is 1. The van der Waals surface area contributed by atoms with Crippen LogP contribution in [0, 0.1) is 12.8 Å². The molecule has 2 fully saturated rings. The van der Waals surface area contributed by atoms with Gasteiger partial charge in [-0.25, -0.2) is 4.79 Å². The van der Waals surface area contributed by atoms with Crippen LogP contribution < -0.4 is 21.0 Å². The lowest BCUT2D eigenvalue weighted by molar-refractivity contribution is -0.143. The second-order valence-electron chi connectivity index (χ2n) is 9.99. The molecule has 2 aromatic rings. The highest BCUT2D eigenvalue weighted by molar-refractivity contribution is 5.89. The van der Waals surface area contributed by atoms with Gasteiger partial charge in [-0.2, -0.15) is 0 Å². The van der Waals surface area contributed by atoms with Crippen molar-refractivity contribution in [2.24, 2.45) is 5.92 Å². The van der Waals surface area contributed by atoms with Gasteiger partial charge < -0.3 is 29.8 Å². The lowest BCUT2D eigenvalue weighted by Crippen LogP contribution is -2.56. The first-order valence-corrected chi connectivity index (χ1v) is 12.9. The first kappa shape index (κ1) is 26.7. The monoisotopic (exact) mass is 513 g/mol. The van der Waals surface area contributed by atoms with E-state index in [0.717, 1.165) is 36.6 Å². The van der Waals surface area contributed by atoms with Gasteiger partial charge in [-0.1, -0.05) is 19.8 Å². The molecule has 1 saturated heterocycles. The molecule has 1 aliphatic heterocycles. The summed E-state index contributed by atoms with van der Waals surface area (Å²) in [6.45, 7) is 3.92. The summed E-state index contributed by atoms with van der Waals surface area (Å²) in [5.41, 5.74) is 0.801. The molecule has 37 heavy (non-hydrogen) atoms. The summed E-state index contributed by atoms with van der Waals surface area (Å²) >= 11 is 0. The van der Waals surface area contributed by atoms with E-state index in [9.17, 15) is 24.3 Å². The summed E-state index contributed by atoms with van der Waals surface area (Å²) < 4.78 is 10.9. The standard InChI is InChI=1S/C27H35N3O7/c1-3-18-12-25(34)37-26-17(2)21(8-7-20(18)26)36-16-23(32)28-13-22(31)29-14-24(33)30-11-10-27(35)9-5-4-6-19(27)15-30/h7-8,12,19,35H,3-6,9-11,13-16H2,1-2H3,(H,28,32)(H,29,31)/t19-,27-/m0/s1. The number of ether oxygens (including phenoxy) is 1. The maximum absolute atomic E-state index is 12.6. The molecule has 1 aliphatic carbocycles. The number of fused-ring (bicyclic) bond motifs is 2. The van der Waals surface area contributed by atoms with Gasteiger partial charge in [0.05, 0.1) is 18.7 Å². The molecule has 4 rings (SSSR count). The van der Waals surface area contributed by atoms with Crippen molar-refractivity contribution in [1.29, 1.82) is 0 Å². The zero-order chi connectivity index (χ0) is 26.6. The minimum absolute atomic E-state index is 0.0879. The van der Waals surface area contributed by atoms with E-state index in [1.165, 1.54) is 6.07 Å². The SMILES string of the molecule is CCc1cc(=O)oc2c(C)c(OCC(=O)NCC(=O)NCC(=O)N3CC[C@@]4(O)CCCC[C@H]4C3)ccc12. The highest BCUT2D eigenvalue weighted by Crippen LogP contribution is 2.39. The highest BCUT2D eigenvalue weighted by Gasteiger charge is 2.43. The fourth-order valence-corrected chi connectivity index (χ4v) is 5.38. The smallest absolute Gasteiger partial charge is 0.336 e. The van der Waals surface area contributed by atoms with Gasteiger partial charge in [0, 0.05) is 36.0 Å². The van der Waals surface area contributed by atoms with Gasteiger partial charge in [0.25, 0.3) is 5.91 Å². The largest absolute Gasteiger partial charge is 0.483 e. The van der Waals surface area contributed by atoms with Crippen LogP contribution >= 0.6 is 0 Å². The Labute approximate surface area is 215 Å². The Morgan fingerprint density at radius 2 is 1.95 bits per heavy atom. The minimum atomic E-state index is -0.664. The fraction of sp³-hybridized carbons (Fsp3) is 0.556. The van der Waals surface area contributed by atoms with E-state index in [1.54, 1.807) is 24.0 Å². The Morgan fingerprint density at radius 3 is 2.73 bits per heavy atom. The third-order valence-electron chi connectivity index (χ3n) is 7.60. The van der Waals surface area contributed by atoms with E-state index >= 15 is 0 Å². The second-order valence-corrected chi connectivity index (χ2v) is 9.99. The predicted octanol–water partition coefficient (Wildman–Crippen LogP) is 1.43. The van der Waals surface area contributed by atoms with Gasteiger partial charge in [-0.15, -0.1) is 0 Å². The van der Waals surface area contributed by atoms with Crippen LogP contribution in [0.4, 0.5) is 0 Å². The zero-order valence-corrected chi connectivity index (χ0v) is 21.4. The fourth-order valence-electron chi connectivity index (χ4n) is 5.38. The predicted molar refractivity (Wildman–Crippen MR) is 136 cm³/mol. The lowest BCUT2D eigenvalue weighted by Gasteiger charge is -2.47. The van der Waals surface area contributed by atoms with Gasteiger partial charge in [0.15, 0.2) is 6.61 Å². The molecule has 200 valence electrons. The number of carbonyl (C=O) groups is 3. The number of hydrogen-bond donors (Lipinski definition) is 3. The van der Waals surface area contributed by atoms with Gasteiger partial charge in [-0.05, 0) is 50.3 Å². The summed E-state index contributed by atoms with van der Waals surface area (Å²) in [7, 11) is 0. The minimum Gasteiger partial charge on any atom is -0.483 e. The molecule has 3 N–H and O–H groups in total. The van der Waals surface area contributed by atoms with Crippen molar-refractivity contribution < 1.29 is 28.6 Å². The van der Waals surface area contributed by atoms with Crippen molar-refractivity contribution in [3.05, 3.63) is 39.7 Å². The summed E-state index contributed by atoms with van der Waals surface area (Å²) in [6, 6.07) is 4.98. The molecule has 0 spiro atoms. The van der Waals surface area contributed by atoms with E-state index in [2.05, 4.69) is 10.6 Å². The lowest BCUT2D eigenvalue weighted by atomic mass is 9.71. The molecular weight excluding hydrogens is 478 g/mol. The second kappa shape index (κ2) is 11.3. The van der Waals surface area contributed by atoms with Gasteiger partial charge in [-0.3, -0.25) is 14.4 Å². The van der Waals surface area contributed by atoms with E-state index in [-0.39, 0.29) is 31.5 Å². The number of aliphatic hydroxyl groups is 1. The van der Waals surface area contributed by atoms with Crippen LogP contribution in [-0.4, -0.2) is 66.1 Å². The Morgan fingerprint density at radius 1 is 1.16 bits per heavy atom. The molecule has 3 amide bonds. The molecule has 0 radical (unpaired) electrons. The molecule has 1 aromatic heterocycles. The van der Waals surface area contributed by atoms with Gasteiger partial charge >= 0.3 is 5.63 Å². The van der Waals surface area contributed by atoms with Crippen LogP contribution in [0.5, 0.6) is 5.75 Å². The number of nitrogens with zero attached hydrogens (tertiary/aromatic N) is 1. The third-order valence-corrected chi connectivity index (χ3v) is 7.60. The molecule has 0 unspecified atom stereocenters. The van der Waals surface area contributed by atoms with Crippen LogP contribution in [0.2, 0.25) is 0 Å². The number of benzene rings is 1. The number of aryl methyl sites for hydroxylation is 2. The van der Waals surface area contributed by atoms with Crippen LogP contribution in [0.15, 0.2) is 27.4 Å². The Kier molecular flexibility index (Phi) is 8.16. The van der Waals surface area contributed by atoms with Crippen molar-refractivity contribution in [2.75, 3.05) is 32.8 Å². The van der Waals surface area contributed by atoms with Crippen molar-refractivity contribution in [3.63, 3.8) is 0 Å². The summed E-state index contributed by atoms with van der Waals surface area (Å²) in [6.07, 6.45) is 5.03. The maximum Gasteiger partial charge on any atom is 0.336 e. The van der Waals surface area contributed by atoms with Crippen molar-refractivity contribution in [3.8, 4) is 5.75 Å². The average Bonchev–Trinajstić information content (AvgIpc) is 2.89. The Bertz CT molecular complexity index is 1240. The molecule has 0 bridgehead atoms.